The molecule has 3 aromatic heterocycles. The van der Waals surface area contributed by atoms with Crippen LogP contribution in [-0.2, 0) is 0 Å². The maximum absolute atomic E-state index is 13.2. The topological polar surface area (TPSA) is 134 Å². The van der Waals surface area contributed by atoms with Crippen LogP contribution in [-0.4, -0.2) is 63.1 Å². The first-order chi connectivity index (χ1) is 21.0. The minimum absolute atomic E-state index is 0.00353. The lowest BCUT2D eigenvalue weighted by Gasteiger charge is -2.33. The number of aromatic amines is 1. The lowest BCUT2D eigenvalue weighted by atomic mass is 10.0. The van der Waals surface area contributed by atoms with Gasteiger partial charge in [0.1, 0.15) is 28.5 Å². The lowest BCUT2D eigenvalue weighted by Crippen LogP contribution is -2.45. The minimum atomic E-state index is -0.260. The van der Waals surface area contributed by atoms with Crippen LogP contribution in [0.15, 0.2) is 79.1 Å². The lowest BCUT2D eigenvalue weighted by molar-refractivity contribution is 0.0714. The van der Waals surface area contributed by atoms with Crippen molar-refractivity contribution < 1.29 is 19.1 Å². The fourth-order valence-electron chi connectivity index (χ4n) is 5.10. The van der Waals surface area contributed by atoms with Gasteiger partial charge in [-0.3, -0.25) is 14.7 Å². The molecule has 6 rings (SSSR count). The van der Waals surface area contributed by atoms with Crippen molar-refractivity contribution in [3.63, 3.8) is 0 Å². The number of ether oxygens (including phenoxy) is 2. The molecular weight excluding hydrogens is 546 g/mol. The van der Waals surface area contributed by atoms with Crippen LogP contribution < -0.4 is 20.1 Å². The molecule has 1 fully saturated rings. The molecule has 2 amide bonds. The van der Waals surface area contributed by atoms with E-state index in [1.807, 2.05) is 24.0 Å². The molecular formula is C32H31N7O4. The second-order valence-electron chi connectivity index (χ2n) is 10.4. The Kier molecular flexibility index (Phi) is 7.86. The number of methoxy groups -OCH3 is 1. The summed E-state index contributed by atoms with van der Waals surface area (Å²) in [5.74, 6) is 2.65. The predicted molar refractivity (Wildman–Crippen MR) is 163 cm³/mol. The van der Waals surface area contributed by atoms with Gasteiger partial charge >= 0.3 is 0 Å². The normalized spacial score (nSPS) is 14.7. The largest absolute Gasteiger partial charge is 0.497 e. The van der Waals surface area contributed by atoms with Crippen LogP contribution >= 0.6 is 0 Å². The van der Waals surface area contributed by atoms with Gasteiger partial charge in [0.25, 0.3) is 11.8 Å². The van der Waals surface area contributed by atoms with Crippen molar-refractivity contribution in [1.29, 1.82) is 0 Å². The van der Waals surface area contributed by atoms with Crippen molar-refractivity contribution >= 4 is 34.5 Å². The highest BCUT2D eigenvalue weighted by Crippen LogP contribution is 2.34. The van der Waals surface area contributed by atoms with Gasteiger partial charge in [-0.2, -0.15) is 5.10 Å². The first-order valence-electron chi connectivity index (χ1n) is 14.0. The molecule has 4 heterocycles. The van der Waals surface area contributed by atoms with Gasteiger partial charge in [0.15, 0.2) is 11.5 Å². The first-order valence-corrected chi connectivity index (χ1v) is 14.0. The number of piperidine rings is 1. The monoisotopic (exact) mass is 577 g/mol. The third-order valence-electron chi connectivity index (χ3n) is 7.31. The number of amides is 2. The third-order valence-corrected chi connectivity index (χ3v) is 7.31. The molecule has 0 saturated carbocycles. The zero-order valence-electron chi connectivity index (χ0n) is 23.8. The number of aromatic nitrogens is 4. The molecule has 0 spiro atoms. The number of H-pyrrole nitrogens is 1. The second kappa shape index (κ2) is 12.2. The number of carbonyl (C=O) groups excluding carboxylic acids is 2. The Bertz CT molecular complexity index is 1750. The van der Waals surface area contributed by atoms with Crippen LogP contribution in [0.2, 0.25) is 0 Å². The van der Waals surface area contributed by atoms with E-state index in [2.05, 4.69) is 30.8 Å². The molecule has 5 aromatic rings. The van der Waals surface area contributed by atoms with E-state index >= 15 is 0 Å². The van der Waals surface area contributed by atoms with Crippen LogP contribution in [0.1, 0.15) is 39.1 Å². The molecule has 2 aromatic carbocycles. The Morgan fingerprint density at radius 3 is 2.47 bits per heavy atom. The number of nitrogens with one attached hydrogen (secondary N) is 3. The molecule has 11 heteroatoms. The molecule has 0 aliphatic carbocycles. The fourth-order valence-corrected chi connectivity index (χ4v) is 5.10. The van der Waals surface area contributed by atoms with E-state index in [9.17, 15) is 9.59 Å². The number of nitrogens with zero attached hydrogens (tertiary/aromatic N) is 4. The third kappa shape index (κ3) is 6.25. The van der Waals surface area contributed by atoms with Crippen molar-refractivity contribution in [2.75, 3.05) is 30.8 Å². The summed E-state index contributed by atoms with van der Waals surface area (Å²) < 4.78 is 11.4. The number of anilines is 2. The number of rotatable bonds is 8. The van der Waals surface area contributed by atoms with E-state index in [0.29, 0.717) is 64.1 Å². The average molecular weight is 578 g/mol. The van der Waals surface area contributed by atoms with Gasteiger partial charge in [0.05, 0.1) is 7.11 Å². The van der Waals surface area contributed by atoms with E-state index in [4.69, 9.17) is 9.47 Å². The Labute approximate surface area is 248 Å². The number of carbonyl (C=O) groups is 2. The Morgan fingerprint density at radius 1 is 0.953 bits per heavy atom. The van der Waals surface area contributed by atoms with Crippen molar-refractivity contribution in [1.82, 2.24) is 25.1 Å². The molecule has 218 valence electrons. The number of likely N-dealkylation sites (tertiary alicyclic amines) is 1. The van der Waals surface area contributed by atoms with Gasteiger partial charge < -0.3 is 25.0 Å². The highest BCUT2D eigenvalue weighted by atomic mass is 16.5. The van der Waals surface area contributed by atoms with Gasteiger partial charge in [0, 0.05) is 48.7 Å². The quantitative estimate of drug-likeness (QED) is 0.222. The van der Waals surface area contributed by atoms with Crippen LogP contribution in [0.5, 0.6) is 17.2 Å². The Hall–Kier alpha value is -5.45. The van der Waals surface area contributed by atoms with E-state index in [1.54, 1.807) is 74.1 Å². The molecule has 1 aliphatic heterocycles. The van der Waals surface area contributed by atoms with Crippen LogP contribution in [0.4, 0.5) is 11.6 Å². The minimum Gasteiger partial charge on any atom is -0.497 e. The summed E-state index contributed by atoms with van der Waals surface area (Å²) >= 11 is 0. The van der Waals surface area contributed by atoms with Crippen LogP contribution in [0.3, 0.4) is 0 Å². The maximum atomic E-state index is 13.2. The van der Waals surface area contributed by atoms with Crippen LogP contribution in [0, 0.1) is 6.92 Å². The number of hydrogen-bond acceptors (Lipinski definition) is 8. The summed E-state index contributed by atoms with van der Waals surface area (Å²) in [4.78, 5) is 36.3. The molecule has 0 unspecified atom stereocenters. The number of aryl methyl sites for hydroxylation is 1. The first kappa shape index (κ1) is 27.7. The fraction of sp³-hybridized carbons (Fsp3) is 0.219. The maximum Gasteiger partial charge on any atom is 0.256 e. The smallest absolute Gasteiger partial charge is 0.256 e. The summed E-state index contributed by atoms with van der Waals surface area (Å²) in [5, 5.41) is 14.5. The molecule has 0 radical (unpaired) electrons. The highest BCUT2D eigenvalue weighted by molar-refractivity contribution is 6.03. The highest BCUT2D eigenvalue weighted by Gasteiger charge is 2.26. The summed E-state index contributed by atoms with van der Waals surface area (Å²) in [6.45, 7) is 3.17. The molecule has 11 nitrogen and oxygen atoms in total. The molecule has 1 saturated heterocycles. The molecule has 0 bridgehead atoms. The summed E-state index contributed by atoms with van der Waals surface area (Å²) in [6, 6.07) is 19.5. The van der Waals surface area contributed by atoms with Crippen molar-refractivity contribution in [2.45, 2.75) is 25.8 Å². The standard InChI is InChI=1S/C32H31N7O4/c1-20-13-15-33-27(18-20)36-31(40)21-5-11-25(12-6-21)43-26-14-16-34-29-28(26)30(38-37-29)35-23-4-3-17-39(19-23)32(41)22-7-9-24(42-2)10-8-22/h5-16,18,23H,3-4,17,19H2,1-2H3,(H,33,36,40)(H2,34,35,37,38)/t23-/m1/s1. The van der Waals surface area contributed by atoms with E-state index in [-0.39, 0.29) is 17.9 Å². The number of hydrogen-bond donors (Lipinski definition) is 3. The predicted octanol–water partition coefficient (Wildman–Crippen LogP) is 5.43. The Morgan fingerprint density at radius 2 is 1.70 bits per heavy atom. The van der Waals surface area contributed by atoms with Crippen molar-refractivity contribution in [2.24, 2.45) is 0 Å². The summed E-state index contributed by atoms with van der Waals surface area (Å²) in [7, 11) is 1.60. The molecule has 3 N–H and O–H groups in total. The zero-order valence-corrected chi connectivity index (χ0v) is 23.8. The van der Waals surface area contributed by atoms with E-state index < -0.39 is 0 Å². The van der Waals surface area contributed by atoms with Gasteiger partial charge in [-0.1, -0.05) is 0 Å². The molecule has 1 atom stereocenters. The average Bonchev–Trinajstić information content (AvgIpc) is 3.44. The Balaban J connectivity index is 1.14. The summed E-state index contributed by atoms with van der Waals surface area (Å²) in [5.41, 5.74) is 2.69. The SMILES string of the molecule is COc1ccc(C(=O)N2CCC[C@@H](Nc3n[nH]c4nccc(Oc5ccc(C(=O)Nc6cc(C)ccn6)cc5)c34)C2)cc1. The summed E-state index contributed by atoms with van der Waals surface area (Å²) in [6.07, 6.45) is 5.05. The van der Waals surface area contributed by atoms with Crippen molar-refractivity contribution in [3.05, 3.63) is 95.8 Å². The van der Waals surface area contributed by atoms with Crippen LogP contribution in [0.25, 0.3) is 11.0 Å². The van der Waals surface area contributed by atoms with Gasteiger partial charge in [0.2, 0.25) is 0 Å². The van der Waals surface area contributed by atoms with Crippen molar-refractivity contribution in [3.8, 4) is 17.2 Å². The zero-order chi connectivity index (χ0) is 29.8. The van der Waals surface area contributed by atoms with Gasteiger partial charge in [-0.25, -0.2) is 9.97 Å². The van der Waals surface area contributed by atoms with E-state index in [0.717, 1.165) is 18.4 Å². The molecule has 1 aliphatic rings. The van der Waals surface area contributed by atoms with Gasteiger partial charge in [-0.05, 0) is 86.0 Å². The number of fused-ring (bicyclic) bond motifs is 1. The van der Waals surface area contributed by atoms with Gasteiger partial charge in [-0.15, -0.1) is 0 Å². The number of pyridine rings is 2. The number of benzene rings is 2. The van der Waals surface area contributed by atoms with E-state index in [1.165, 1.54) is 0 Å². The second-order valence-corrected chi connectivity index (χ2v) is 10.4. The molecule has 43 heavy (non-hydrogen) atoms.